The third-order valence-corrected chi connectivity index (χ3v) is 2.53. The molecular weight excluding hydrogens is 224 g/mol. The summed E-state index contributed by atoms with van der Waals surface area (Å²) in [5.74, 6) is -0.0109. The second-order valence-corrected chi connectivity index (χ2v) is 3.54. The smallest absolute Gasteiger partial charge is 0.313 e. The van der Waals surface area contributed by atoms with Crippen LogP contribution in [0.3, 0.4) is 0 Å². The number of methoxy groups -OCH3 is 1. The monoisotopic (exact) mass is 234 g/mol. The number of aromatic nitrogens is 1. The van der Waals surface area contributed by atoms with Crippen molar-refractivity contribution in [3.05, 3.63) is 34.5 Å². The van der Waals surface area contributed by atoms with Crippen molar-refractivity contribution in [3.63, 3.8) is 0 Å². The van der Waals surface area contributed by atoms with Crippen molar-refractivity contribution >= 4 is 22.5 Å². The zero-order chi connectivity index (χ0) is 12.6. The molecule has 0 bridgehead atoms. The molecule has 0 atom stereocenters. The van der Waals surface area contributed by atoms with Gasteiger partial charge in [0.05, 0.1) is 17.5 Å². The standard InChI is InChI=1S/C11H10N2O4/c1-7(14)12-4-3-8-5-11(17-2)10(13(15)16)6-9(8)12/h3-6H,1-2H3. The number of carbonyl (C=O) groups is 1. The molecule has 0 aliphatic carbocycles. The fourth-order valence-electron chi connectivity index (χ4n) is 1.73. The van der Waals surface area contributed by atoms with Crippen LogP contribution in [0, 0.1) is 10.1 Å². The van der Waals surface area contributed by atoms with Gasteiger partial charge in [0.1, 0.15) is 0 Å². The van der Waals surface area contributed by atoms with Crippen molar-refractivity contribution in [3.8, 4) is 5.75 Å². The average molecular weight is 234 g/mol. The molecule has 2 aromatic rings. The van der Waals surface area contributed by atoms with E-state index in [-0.39, 0.29) is 17.3 Å². The van der Waals surface area contributed by atoms with Gasteiger partial charge >= 0.3 is 5.69 Å². The molecule has 0 fully saturated rings. The van der Waals surface area contributed by atoms with E-state index in [4.69, 9.17) is 4.74 Å². The van der Waals surface area contributed by atoms with E-state index in [1.807, 2.05) is 0 Å². The minimum atomic E-state index is -0.532. The van der Waals surface area contributed by atoms with Gasteiger partial charge in [-0.3, -0.25) is 19.5 Å². The Morgan fingerprint density at radius 2 is 2.18 bits per heavy atom. The average Bonchev–Trinajstić information content (AvgIpc) is 2.69. The molecule has 0 saturated heterocycles. The maximum Gasteiger partial charge on any atom is 0.313 e. The fraction of sp³-hybridized carbons (Fsp3) is 0.182. The predicted octanol–water partition coefficient (Wildman–Crippen LogP) is 2.22. The van der Waals surface area contributed by atoms with Crippen molar-refractivity contribution < 1.29 is 14.5 Å². The molecule has 88 valence electrons. The maximum absolute atomic E-state index is 11.3. The Balaban J connectivity index is 2.77. The van der Waals surface area contributed by atoms with Crippen LogP contribution in [0.4, 0.5) is 5.69 Å². The van der Waals surface area contributed by atoms with E-state index in [9.17, 15) is 14.9 Å². The first-order valence-corrected chi connectivity index (χ1v) is 4.89. The van der Waals surface area contributed by atoms with Crippen LogP contribution >= 0.6 is 0 Å². The molecule has 0 N–H and O–H groups in total. The summed E-state index contributed by atoms with van der Waals surface area (Å²) >= 11 is 0. The topological polar surface area (TPSA) is 74.4 Å². The predicted molar refractivity (Wildman–Crippen MR) is 61.4 cm³/mol. The first-order valence-electron chi connectivity index (χ1n) is 4.89. The maximum atomic E-state index is 11.3. The highest BCUT2D eigenvalue weighted by Gasteiger charge is 2.18. The minimum absolute atomic E-state index is 0.152. The van der Waals surface area contributed by atoms with Crippen LogP contribution < -0.4 is 4.74 Å². The number of carbonyl (C=O) groups excluding carboxylic acids is 1. The van der Waals surface area contributed by atoms with Gasteiger partial charge in [-0.1, -0.05) is 0 Å². The summed E-state index contributed by atoms with van der Waals surface area (Å²) in [6.45, 7) is 1.40. The number of benzene rings is 1. The second-order valence-electron chi connectivity index (χ2n) is 3.54. The molecule has 0 unspecified atom stereocenters. The third kappa shape index (κ3) is 1.73. The van der Waals surface area contributed by atoms with Crippen LogP contribution in [0.5, 0.6) is 5.75 Å². The molecule has 0 saturated carbocycles. The molecule has 6 nitrogen and oxygen atoms in total. The van der Waals surface area contributed by atoms with Crippen LogP contribution in [0.1, 0.15) is 11.7 Å². The summed E-state index contributed by atoms with van der Waals surface area (Å²) in [6, 6.07) is 4.60. The molecule has 1 aromatic carbocycles. The summed E-state index contributed by atoms with van der Waals surface area (Å²) in [4.78, 5) is 21.6. The molecular formula is C11H10N2O4. The van der Waals surface area contributed by atoms with Crippen molar-refractivity contribution in [2.24, 2.45) is 0 Å². The van der Waals surface area contributed by atoms with Crippen molar-refractivity contribution in [2.45, 2.75) is 6.92 Å². The summed E-state index contributed by atoms with van der Waals surface area (Å²) in [5.41, 5.74) is 0.353. The zero-order valence-corrected chi connectivity index (χ0v) is 9.34. The molecule has 17 heavy (non-hydrogen) atoms. The van der Waals surface area contributed by atoms with Gasteiger partial charge in [-0.15, -0.1) is 0 Å². The van der Waals surface area contributed by atoms with E-state index in [0.717, 1.165) is 5.39 Å². The molecule has 0 radical (unpaired) electrons. The summed E-state index contributed by atoms with van der Waals surface area (Å²) in [5, 5.41) is 11.6. The van der Waals surface area contributed by atoms with E-state index < -0.39 is 4.92 Å². The van der Waals surface area contributed by atoms with Crippen molar-refractivity contribution in [1.82, 2.24) is 4.57 Å². The zero-order valence-electron chi connectivity index (χ0n) is 9.34. The molecule has 0 aliphatic rings. The summed E-state index contributed by atoms with van der Waals surface area (Å²) in [7, 11) is 1.37. The Kier molecular flexibility index (Phi) is 2.55. The van der Waals surface area contributed by atoms with Gasteiger partial charge in [0.25, 0.3) is 0 Å². The molecule has 0 spiro atoms. The largest absolute Gasteiger partial charge is 0.490 e. The summed E-state index contributed by atoms with van der Waals surface area (Å²) in [6.07, 6.45) is 1.58. The van der Waals surface area contributed by atoms with Gasteiger partial charge in [-0.2, -0.15) is 0 Å². The lowest BCUT2D eigenvalue weighted by atomic mass is 10.2. The van der Waals surface area contributed by atoms with Gasteiger partial charge in [-0.25, -0.2) is 0 Å². The first kappa shape index (κ1) is 11.1. The lowest BCUT2D eigenvalue weighted by molar-refractivity contribution is -0.385. The van der Waals surface area contributed by atoms with Gasteiger partial charge in [0.2, 0.25) is 5.91 Å². The quantitative estimate of drug-likeness (QED) is 0.589. The Bertz CT molecular complexity index is 615. The Morgan fingerprint density at radius 1 is 1.47 bits per heavy atom. The molecule has 2 rings (SSSR count). The Hall–Kier alpha value is -2.37. The molecule has 0 amide bonds. The SMILES string of the molecule is COc1cc2ccn(C(C)=O)c2cc1[N+](=O)[O-]. The lowest BCUT2D eigenvalue weighted by Crippen LogP contribution is -2.03. The minimum Gasteiger partial charge on any atom is -0.490 e. The number of nitro benzene ring substituents is 1. The number of ether oxygens (including phenoxy) is 1. The van der Waals surface area contributed by atoms with Crippen LogP contribution in [0.15, 0.2) is 24.4 Å². The van der Waals surface area contributed by atoms with Crippen LogP contribution in [0.25, 0.3) is 10.9 Å². The van der Waals surface area contributed by atoms with E-state index in [1.54, 1.807) is 18.3 Å². The van der Waals surface area contributed by atoms with Gasteiger partial charge in [0, 0.05) is 24.6 Å². The summed E-state index contributed by atoms with van der Waals surface area (Å²) < 4.78 is 6.31. The van der Waals surface area contributed by atoms with Crippen LogP contribution in [-0.4, -0.2) is 22.5 Å². The van der Waals surface area contributed by atoms with E-state index in [1.165, 1.54) is 24.7 Å². The first-order chi connectivity index (χ1) is 8.04. The van der Waals surface area contributed by atoms with Crippen LogP contribution in [-0.2, 0) is 0 Å². The van der Waals surface area contributed by atoms with E-state index >= 15 is 0 Å². The highest BCUT2D eigenvalue weighted by Crippen LogP contribution is 2.32. The highest BCUT2D eigenvalue weighted by molar-refractivity contribution is 5.93. The number of rotatable bonds is 2. The molecule has 1 heterocycles. The molecule has 6 heteroatoms. The number of nitrogens with zero attached hydrogens (tertiary/aromatic N) is 2. The Labute approximate surface area is 96.6 Å². The number of hydrogen-bond donors (Lipinski definition) is 0. The highest BCUT2D eigenvalue weighted by atomic mass is 16.6. The van der Waals surface area contributed by atoms with Gasteiger partial charge in [0.15, 0.2) is 5.75 Å². The van der Waals surface area contributed by atoms with Gasteiger partial charge in [-0.05, 0) is 12.1 Å². The number of fused-ring (bicyclic) bond motifs is 1. The third-order valence-electron chi connectivity index (χ3n) is 2.53. The van der Waals surface area contributed by atoms with Gasteiger partial charge < -0.3 is 4.74 Å². The number of nitro groups is 1. The Morgan fingerprint density at radius 3 is 2.71 bits per heavy atom. The lowest BCUT2D eigenvalue weighted by Gasteiger charge is -2.03. The molecule has 0 aliphatic heterocycles. The van der Waals surface area contributed by atoms with E-state index in [2.05, 4.69) is 0 Å². The number of hydrogen-bond acceptors (Lipinski definition) is 4. The fourth-order valence-corrected chi connectivity index (χ4v) is 1.73. The van der Waals surface area contributed by atoms with E-state index in [0.29, 0.717) is 5.52 Å². The van der Waals surface area contributed by atoms with Crippen molar-refractivity contribution in [2.75, 3.05) is 7.11 Å². The van der Waals surface area contributed by atoms with Crippen molar-refractivity contribution in [1.29, 1.82) is 0 Å². The molecule has 1 aromatic heterocycles. The normalized spacial score (nSPS) is 10.5. The van der Waals surface area contributed by atoms with Crippen LogP contribution in [0.2, 0.25) is 0 Å². The second kappa shape index (κ2) is 3.89.